The van der Waals surface area contributed by atoms with Crippen LogP contribution in [0.4, 0.5) is 0 Å². The van der Waals surface area contributed by atoms with Crippen LogP contribution in [0.1, 0.15) is 5.56 Å². The van der Waals surface area contributed by atoms with E-state index >= 15 is 0 Å². The average molecular weight is 377 g/mol. The van der Waals surface area contributed by atoms with Crippen molar-refractivity contribution < 1.29 is 19.4 Å². The van der Waals surface area contributed by atoms with Crippen LogP contribution in [0.15, 0.2) is 52.0 Å². The number of amides is 1. The maximum absolute atomic E-state index is 12.1. The lowest BCUT2D eigenvalue weighted by Crippen LogP contribution is -2.42. The molecule has 23 heavy (non-hydrogen) atoms. The van der Waals surface area contributed by atoms with Crippen LogP contribution in [0.25, 0.3) is 0 Å². The van der Waals surface area contributed by atoms with Gasteiger partial charge in [-0.25, -0.2) is 5.43 Å². The first kappa shape index (κ1) is 15.4. The number of hydrogen-bond donors (Lipinski definition) is 2. The Bertz CT molecular complexity index is 763. The monoisotopic (exact) mass is 376 g/mol. The second-order valence-corrected chi connectivity index (χ2v) is 5.66. The smallest absolute Gasteiger partial charge is 0.284 e. The Balaban J connectivity index is 1.62. The van der Waals surface area contributed by atoms with Crippen molar-refractivity contribution in [1.82, 2.24) is 5.43 Å². The number of carbonyl (C=O) groups excluding carboxylic acids is 1. The quantitative estimate of drug-likeness (QED) is 0.636. The summed E-state index contributed by atoms with van der Waals surface area (Å²) in [4.78, 5) is 12.1. The topological polar surface area (TPSA) is 80.2 Å². The molecule has 1 aliphatic rings. The van der Waals surface area contributed by atoms with Crippen LogP contribution in [0, 0.1) is 0 Å². The van der Waals surface area contributed by atoms with Gasteiger partial charge in [0, 0.05) is 10.0 Å². The van der Waals surface area contributed by atoms with Crippen LogP contribution < -0.4 is 14.9 Å². The zero-order valence-corrected chi connectivity index (χ0v) is 13.5. The van der Waals surface area contributed by atoms with Gasteiger partial charge in [0.2, 0.25) is 6.10 Å². The third-order valence-corrected chi connectivity index (χ3v) is 3.88. The van der Waals surface area contributed by atoms with Crippen LogP contribution in [-0.4, -0.2) is 29.9 Å². The van der Waals surface area contributed by atoms with Crippen molar-refractivity contribution in [2.24, 2.45) is 5.10 Å². The van der Waals surface area contributed by atoms with Gasteiger partial charge in [0.25, 0.3) is 5.91 Å². The number of para-hydroxylation sites is 2. The number of nitrogens with zero attached hydrogens (tertiary/aromatic N) is 1. The van der Waals surface area contributed by atoms with Crippen LogP contribution in [0.2, 0.25) is 0 Å². The van der Waals surface area contributed by atoms with Crippen molar-refractivity contribution in [3.63, 3.8) is 0 Å². The van der Waals surface area contributed by atoms with Gasteiger partial charge >= 0.3 is 0 Å². The third kappa shape index (κ3) is 3.62. The van der Waals surface area contributed by atoms with Gasteiger partial charge in [0.1, 0.15) is 12.4 Å². The Morgan fingerprint density at radius 3 is 2.91 bits per heavy atom. The lowest BCUT2D eigenvalue weighted by atomic mass is 10.2. The summed E-state index contributed by atoms with van der Waals surface area (Å²) >= 11 is 3.33. The van der Waals surface area contributed by atoms with Crippen molar-refractivity contribution in [3.05, 3.63) is 52.5 Å². The molecule has 0 unspecified atom stereocenters. The summed E-state index contributed by atoms with van der Waals surface area (Å²) in [6.45, 7) is 0.119. The van der Waals surface area contributed by atoms with Gasteiger partial charge in [-0.2, -0.15) is 5.10 Å². The number of halogens is 1. The number of aromatic hydroxyl groups is 1. The lowest BCUT2D eigenvalue weighted by molar-refractivity contribution is -0.130. The van der Waals surface area contributed by atoms with Gasteiger partial charge in [0.05, 0.1) is 6.21 Å². The molecular formula is C16H13BrN2O4. The van der Waals surface area contributed by atoms with Gasteiger partial charge in [-0.05, 0) is 30.3 Å². The van der Waals surface area contributed by atoms with Crippen molar-refractivity contribution >= 4 is 28.1 Å². The highest BCUT2D eigenvalue weighted by atomic mass is 79.9. The average Bonchev–Trinajstić information content (AvgIpc) is 2.57. The first-order chi connectivity index (χ1) is 11.1. The fraction of sp³-hybridized carbons (Fsp3) is 0.125. The van der Waals surface area contributed by atoms with E-state index in [1.807, 2.05) is 6.07 Å². The molecule has 1 aliphatic heterocycles. The van der Waals surface area contributed by atoms with E-state index in [1.165, 1.54) is 12.3 Å². The second kappa shape index (κ2) is 6.70. The molecule has 1 amide bonds. The molecule has 0 spiro atoms. The van der Waals surface area contributed by atoms with Crippen LogP contribution >= 0.6 is 15.9 Å². The number of rotatable bonds is 3. The van der Waals surface area contributed by atoms with Crippen LogP contribution in [-0.2, 0) is 4.79 Å². The second-order valence-electron chi connectivity index (χ2n) is 4.80. The van der Waals surface area contributed by atoms with Crippen LogP contribution in [0.5, 0.6) is 17.2 Å². The number of fused-ring (bicyclic) bond motifs is 1. The molecule has 118 valence electrons. The molecule has 2 N–H and O–H groups in total. The summed E-state index contributed by atoms with van der Waals surface area (Å²) in [6, 6.07) is 11.9. The summed E-state index contributed by atoms with van der Waals surface area (Å²) in [5, 5.41) is 13.3. The third-order valence-electron chi connectivity index (χ3n) is 3.16. The highest BCUT2D eigenvalue weighted by molar-refractivity contribution is 9.10. The number of carbonyl (C=O) groups is 1. The first-order valence-corrected chi connectivity index (χ1v) is 7.63. The number of nitrogens with one attached hydrogen (secondary N) is 1. The highest BCUT2D eigenvalue weighted by Crippen LogP contribution is 2.30. The molecule has 3 rings (SSSR count). The standard InChI is InChI=1S/C16H13BrN2O4/c17-12-6-5-11(20)7-10(12)8-18-19-16(21)15-9-22-13-3-1-2-4-14(13)23-15/h1-8,15,20H,9H2,(H,19,21)/b18-8-/t15-/m0/s1. The highest BCUT2D eigenvalue weighted by Gasteiger charge is 2.26. The van der Waals surface area contributed by atoms with Crippen molar-refractivity contribution in [2.45, 2.75) is 6.10 Å². The Labute approximate surface area is 140 Å². The van der Waals surface area contributed by atoms with E-state index in [9.17, 15) is 9.90 Å². The predicted octanol–water partition coefficient (Wildman–Crippen LogP) is 2.44. The summed E-state index contributed by atoms with van der Waals surface area (Å²) < 4.78 is 11.8. The van der Waals surface area contributed by atoms with E-state index in [0.29, 0.717) is 17.1 Å². The zero-order chi connectivity index (χ0) is 16.2. The molecule has 2 aromatic rings. The summed E-state index contributed by atoms with van der Waals surface area (Å²) in [6.07, 6.45) is 0.661. The Kier molecular flexibility index (Phi) is 4.47. The molecule has 0 fully saturated rings. The summed E-state index contributed by atoms with van der Waals surface area (Å²) in [7, 11) is 0. The Hall–Kier alpha value is -2.54. The first-order valence-electron chi connectivity index (χ1n) is 6.83. The van der Waals surface area contributed by atoms with E-state index in [1.54, 1.807) is 30.3 Å². The Morgan fingerprint density at radius 2 is 2.09 bits per heavy atom. The summed E-state index contributed by atoms with van der Waals surface area (Å²) in [5.74, 6) is 0.843. The minimum atomic E-state index is -0.769. The maximum atomic E-state index is 12.1. The predicted molar refractivity (Wildman–Crippen MR) is 87.9 cm³/mol. The Morgan fingerprint density at radius 1 is 1.30 bits per heavy atom. The van der Waals surface area contributed by atoms with E-state index in [-0.39, 0.29) is 12.4 Å². The number of phenolic OH excluding ortho intramolecular Hbond substituents is 1. The largest absolute Gasteiger partial charge is 0.508 e. The van der Waals surface area contributed by atoms with Gasteiger partial charge in [0.15, 0.2) is 11.5 Å². The number of hydrogen-bond acceptors (Lipinski definition) is 5. The molecule has 0 saturated heterocycles. The maximum Gasteiger partial charge on any atom is 0.284 e. The SMILES string of the molecule is O=C(N/N=C\c1cc(O)ccc1Br)[C@@H]1COc2ccccc2O1. The van der Waals surface area contributed by atoms with Gasteiger partial charge in [-0.3, -0.25) is 4.79 Å². The van der Waals surface area contributed by atoms with E-state index in [2.05, 4.69) is 26.5 Å². The minimum absolute atomic E-state index is 0.113. The molecule has 0 radical (unpaired) electrons. The molecule has 7 heteroatoms. The zero-order valence-electron chi connectivity index (χ0n) is 11.9. The fourth-order valence-electron chi connectivity index (χ4n) is 2.02. The van der Waals surface area contributed by atoms with E-state index in [0.717, 1.165) is 4.47 Å². The fourth-order valence-corrected chi connectivity index (χ4v) is 2.37. The molecule has 0 aromatic heterocycles. The number of phenols is 1. The number of hydrazone groups is 1. The molecule has 2 aromatic carbocycles. The molecule has 6 nitrogen and oxygen atoms in total. The van der Waals surface area contributed by atoms with E-state index < -0.39 is 12.0 Å². The van der Waals surface area contributed by atoms with Gasteiger partial charge in [-0.1, -0.05) is 28.1 Å². The molecule has 1 heterocycles. The molecular weight excluding hydrogens is 364 g/mol. The van der Waals surface area contributed by atoms with Gasteiger partial charge < -0.3 is 14.6 Å². The van der Waals surface area contributed by atoms with Crippen LogP contribution in [0.3, 0.4) is 0 Å². The van der Waals surface area contributed by atoms with Crippen molar-refractivity contribution in [3.8, 4) is 17.2 Å². The van der Waals surface area contributed by atoms with Gasteiger partial charge in [-0.15, -0.1) is 0 Å². The molecule has 1 atom stereocenters. The summed E-state index contributed by atoms with van der Waals surface area (Å²) in [5.41, 5.74) is 3.04. The number of benzene rings is 2. The number of ether oxygens (including phenoxy) is 2. The molecule has 0 aliphatic carbocycles. The minimum Gasteiger partial charge on any atom is -0.508 e. The normalized spacial score (nSPS) is 16.3. The van der Waals surface area contributed by atoms with Crippen molar-refractivity contribution in [2.75, 3.05) is 6.61 Å². The molecule has 0 saturated carbocycles. The lowest BCUT2D eigenvalue weighted by Gasteiger charge is -2.24. The van der Waals surface area contributed by atoms with E-state index in [4.69, 9.17) is 9.47 Å². The van der Waals surface area contributed by atoms with Crippen molar-refractivity contribution in [1.29, 1.82) is 0 Å². The molecule has 0 bridgehead atoms.